The zero-order chi connectivity index (χ0) is 19.0. The van der Waals surface area contributed by atoms with Gasteiger partial charge in [-0.15, -0.1) is 0 Å². The summed E-state index contributed by atoms with van der Waals surface area (Å²) < 4.78 is 10.4. The van der Waals surface area contributed by atoms with Crippen molar-refractivity contribution in [2.24, 2.45) is 0 Å². The van der Waals surface area contributed by atoms with Gasteiger partial charge < -0.3 is 4.74 Å². The summed E-state index contributed by atoms with van der Waals surface area (Å²) in [7, 11) is 0. The van der Waals surface area contributed by atoms with Crippen molar-refractivity contribution < 1.29 is 4.74 Å². The Hall–Kier alpha value is -1.44. The summed E-state index contributed by atoms with van der Waals surface area (Å²) in [6.45, 7) is 7.53. The molecular formula is C20H27BrN4O2. The third kappa shape index (κ3) is 3.91. The molecule has 0 N–H and O–H groups in total. The summed E-state index contributed by atoms with van der Waals surface area (Å²) in [6.07, 6.45) is 8.74. The third-order valence-corrected chi connectivity index (χ3v) is 5.86. The van der Waals surface area contributed by atoms with Crippen LogP contribution in [-0.2, 0) is 11.3 Å². The summed E-state index contributed by atoms with van der Waals surface area (Å²) in [6, 6.07) is 2.01. The van der Waals surface area contributed by atoms with E-state index in [-0.39, 0.29) is 17.9 Å². The van der Waals surface area contributed by atoms with Gasteiger partial charge in [-0.2, -0.15) is 0 Å². The number of halogens is 1. The van der Waals surface area contributed by atoms with Crippen molar-refractivity contribution in [3.8, 4) is 0 Å². The summed E-state index contributed by atoms with van der Waals surface area (Å²) in [5, 5.41) is 0. The molecule has 0 radical (unpaired) electrons. The Balaban J connectivity index is 1.67. The monoisotopic (exact) mass is 434 g/mol. The number of allylic oxidation sites excluding steroid dienone is 2. The molecule has 3 heterocycles. The molecule has 2 aromatic heterocycles. The minimum Gasteiger partial charge on any atom is -0.373 e. The Bertz CT molecular complexity index is 907. The fraction of sp³-hybridized carbons (Fsp3) is 0.600. The largest absolute Gasteiger partial charge is 0.373 e. The molecule has 27 heavy (non-hydrogen) atoms. The molecule has 1 saturated heterocycles. The highest BCUT2D eigenvalue weighted by Crippen LogP contribution is 2.25. The Morgan fingerprint density at radius 1 is 1.22 bits per heavy atom. The highest BCUT2D eigenvalue weighted by Gasteiger charge is 2.23. The molecule has 2 aliphatic rings. The van der Waals surface area contributed by atoms with Gasteiger partial charge in [0.2, 0.25) is 0 Å². The lowest BCUT2D eigenvalue weighted by molar-refractivity contribution is -0.0685. The van der Waals surface area contributed by atoms with E-state index in [0.29, 0.717) is 6.54 Å². The van der Waals surface area contributed by atoms with E-state index in [2.05, 4.69) is 45.7 Å². The lowest BCUT2D eigenvalue weighted by Crippen LogP contribution is -2.46. The zero-order valence-corrected chi connectivity index (χ0v) is 17.6. The number of morpholine rings is 1. The first-order valence-electron chi connectivity index (χ1n) is 9.87. The molecule has 6 nitrogen and oxygen atoms in total. The Morgan fingerprint density at radius 3 is 2.70 bits per heavy atom. The Morgan fingerprint density at radius 2 is 2.00 bits per heavy atom. The van der Waals surface area contributed by atoms with Crippen LogP contribution in [0.1, 0.15) is 39.5 Å². The van der Waals surface area contributed by atoms with Crippen LogP contribution in [0.3, 0.4) is 0 Å². The highest BCUT2D eigenvalue weighted by molar-refractivity contribution is 9.10. The number of pyridine rings is 1. The number of ether oxygens (including phenoxy) is 1. The van der Waals surface area contributed by atoms with Gasteiger partial charge in [-0.3, -0.25) is 9.47 Å². The molecule has 1 aliphatic carbocycles. The van der Waals surface area contributed by atoms with Crippen LogP contribution < -0.4 is 5.69 Å². The molecular weight excluding hydrogens is 408 g/mol. The standard InChI is InChI=1S/C20H27BrN4O2/c1-14-12-23(13-15(2)27-14)8-9-24-18-10-16(21)11-22-19(18)25(20(24)26)17-6-4-3-5-7-17/h6,10-11,14-15H,3-5,7-9,12-13H2,1-2H3. The van der Waals surface area contributed by atoms with Gasteiger partial charge in [-0.25, -0.2) is 14.3 Å². The summed E-state index contributed by atoms with van der Waals surface area (Å²) in [5.41, 5.74) is 2.78. The third-order valence-electron chi connectivity index (χ3n) is 5.43. The van der Waals surface area contributed by atoms with E-state index in [9.17, 15) is 4.79 Å². The number of nitrogens with zero attached hydrogens (tertiary/aromatic N) is 4. The van der Waals surface area contributed by atoms with Gasteiger partial charge in [0.05, 0.1) is 17.7 Å². The Kier molecular flexibility index (Phi) is 5.53. The molecule has 2 unspecified atom stereocenters. The topological polar surface area (TPSA) is 52.3 Å². The molecule has 2 aromatic rings. The lowest BCUT2D eigenvalue weighted by Gasteiger charge is -2.35. The van der Waals surface area contributed by atoms with E-state index < -0.39 is 0 Å². The predicted molar refractivity (Wildman–Crippen MR) is 111 cm³/mol. The van der Waals surface area contributed by atoms with Gasteiger partial charge in [-0.05, 0) is 61.5 Å². The van der Waals surface area contributed by atoms with E-state index in [1.165, 1.54) is 6.42 Å². The number of rotatable bonds is 4. The van der Waals surface area contributed by atoms with Crippen molar-refractivity contribution in [2.75, 3.05) is 19.6 Å². The summed E-state index contributed by atoms with van der Waals surface area (Å²) >= 11 is 3.51. The molecule has 4 rings (SSSR count). The van der Waals surface area contributed by atoms with Crippen molar-refractivity contribution in [3.63, 3.8) is 0 Å². The second-order valence-electron chi connectivity index (χ2n) is 7.72. The fourth-order valence-corrected chi connectivity index (χ4v) is 4.63. The van der Waals surface area contributed by atoms with E-state index in [0.717, 1.165) is 60.2 Å². The second kappa shape index (κ2) is 7.89. The molecule has 7 heteroatoms. The van der Waals surface area contributed by atoms with Gasteiger partial charge in [0.25, 0.3) is 0 Å². The van der Waals surface area contributed by atoms with E-state index >= 15 is 0 Å². The van der Waals surface area contributed by atoms with Crippen LogP contribution in [0.2, 0.25) is 0 Å². The van der Waals surface area contributed by atoms with E-state index in [4.69, 9.17) is 4.74 Å². The summed E-state index contributed by atoms with van der Waals surface area (Å²) in [4.78, 5) is 20.3. The molecule has 1 fully saturated rings. The maximum atomic E-state index is 13.3. The first-order valence-corrected chi connectivity index (χ1v) is 10.7. The lowest BCUT2D eigenvalue weighted by atomic mass is 10.0. The number of aromatic nitrogens is 3. The minimum absolute atomic E-state index is 0.0260. The maximum Gasteiger partial charge on any atom is 0.334 e. The second-order valence-corrected chi connectivity index (χ2v) is 8.64. The highest BCUT2D eigenvalue weighted by atomic mass is 79.9. The van der Waals surface area contributed by atoms with Crippen LogP contribution >= 0.6 is 15.9 Å². The van der Waals surface area contributed by atoms with Crippen LogP contribution in [0, 0.1) is 0 Å². The zero-order valence-electron chi connectivity index (χ0n) is 16.0. The van der Waals surface area contributed by atoms with Gasteiger partial charge in [0.15, 0.2) is 5.65 Å². The van der Waals surface area contributed by atoms with Crippen molar-refractivity contribution in [3.05, 3.63) is 33.3 Å². The average Bonchev–Trinajstić information content (AvgIpc) is 2.90. The van der Waals surface area contributed by atoms with E-state index in [1.807, 2.05) is 15.2 Å². The molecule has 2 atom stereocenters. The molecule has 0 amide bonds. The van der Waals surface area contributed by atoms with Crippen LogP contribution in [-0.4, -0.2) is 50.9 Å². The maximum absolute atomic E-state index is 13.3. The van der Waals surface area contributed by atoms with Gasteiger partial charge in [0.1, 0.15) is 0 Å². The minimum atomic E-state index is 0.0260. The molecule has 146 valence electrons. The van der Waals surface area contributed by atoms with Crippen molar-refractivity contribution in [2.45, 2.75) is 58.3 Å². The van der Waals surface area contributed by atoms with Gasteiger partial charge in [-0.1, -0.05) is 6.08 Å². The molecule has 1 aliphatic heterocycles. The van der Waals surface area contributed by atoms with Crippen LogP contribution in [0.5, 0.6) is 0 Å². The summed E-state index contributed by atoms with van der Waals surface area (Å²) in [5.74, 6) is 0. The first kappa shape index (κ1) is 18.9. The van der Waals surface area contributed by atoms with Crippen LogP contribution in [0.15, 0.2) is 27.6 Å². The van der Waals surface area contributed by atoms with Gasteiger partial charge >= 0.3 is 5.69 Å². The van der Waals surface area contributed by atoms with Crippen molar-refractivity contribution >= 4 is 32.8 Å². The normalized spacial score (nSPS) is 24.3. The average molecular weight is 435 g/mol. The Labute approximate surface area is 167 Å². The number of hydrogen-bond acceptors (Lipinski definition) is 4. The van der Waals surface area contributed by atoms with Crippen LogP contribution in [0.4, 0.5) is 0 Å². The number of hydrogen-bond donors (Lipinski definition) is 0. The number of fused-ring (bicyclic) bond motifs is 1. The first-order chi connectivity index (χ1) is 13.0. The number of imidazole rings is 1. The molecule has 0 aromatic carbocycles. The van der Waals surface area contributed by atoms with E-state index in [1.54, 1.807) is 6.20 Å². The quantitative estimate of drug-likeness (QED) is 0.738. The van der Waals surface area contributed by atoms with Crippen molar-refractivity contribution in [1.82, 2.24) is 19.0 Å². The van der Waals surface area contributed by atoms with Crippen molar-refractivity contribution in [1.29, 1.82) is 0 Å². The fourth-order valence-electron chi connectivity index (χ4n) is 4.31. The smallest absolute Gasteiger partial charge is 0.334 e. The van der Waals surface area contributed by atoms with Gasteiger partial charge in [0, 0.05) is 42.5 Å². The molecule has 0 bridgehead atoms. The van der Waals surface area contributed by atoms with Crippen LogP contribution in [0.25, 0.3) is 16.9 Å². The predicted octanol–water partition coefficient (Wildman–Crippen LogP) is 3.48. The molecule has 0 saturated carbocycles. The SMILES string of the molecule is CC1CN(CCn2c(=O)n(C3=CCCCC3)c3ncc(Br)cc32)CC(C)O1. The molecule has 0 spiro atoms.